The fourth-order valence-electron chi connectivity index (χ4n) is 3.41. The summed E-state index contributed by atoms with van der Waals surface area (Å²) < 4.78 is 7.55. The van der Waals surface area contributed by atoms with Crippen LogP contribution in [0, 0.1) is 0 Å². The van der Waals surface area contributed by atoms with E-state index >= 15 is 0 Å². The second-order valence-electron chi connectivity index (χ2n) is 5.88. The summed E-state index contributed by atoms with van der Waals surface area (Å²) in [4.78, 5) is 1.39. The number of hydrogen-bond acceptors (Lipinski definition) is 3. The first kappa shape index (κ1) is 14.1. The van der Waals surface area contributed by atoms with Crippen molar-refractivity contribution >= 4 is 27.3 Å². The Balaban J connectivity index is 1.42. The third-order valence-electron chi connectivity index (χ3n) is 4.40. The molecule has 106 valence electrons. The van der Waals surface area contributed by atoms with Gasteiger partial charge in [0, 0.05) is 27.8 Å². The lowest BCUT2D eigenvalue weighted by molar-refractivity contribution is -0.0624. The first-order chi connectivity index (χ1) is 9.26. The molecule has 1 saturated heterocycles. The molecule has 0 bridgehead atoms. The monoisotopic (exact) mass is 343 g/mol. The third-order valence-corrected chi connectivity index (χ3v) is 6.09. The van der Waals surface area contributed by atoms with Gasteiger partial charge in [0.05, 0.1) is 11.7 Å². The molecule has 1 aromatic heterocycles. The Kier molecular flexibility index (Phi) is 4.62. The molecule has 1 atom stereocenters. The van der Waals surface area contributed by atoms with Gasteiger partial charge in [0.15, 0.2) is 0 Å². The van der Waals surface area contributed by atoms with Gasteiger partial charge < -0.3 is 10.1 Å². The number of ether oxygens (including phenoxy) is 1. The molecular weight excluding hydrogens is 322 g/mol. The second-order valence-corrected chi connectivity index (χ2v) is 7.80. The normalized spacial score (nSPS) is 26.1. The van der Waals surface area contributed by atoms with E-state index in [-0.39, 0.29) is 5.60 Å². The summed E-state index contributed by atoms with van der Waals surface area (Å²) in [5.41, 5.74) is 0.260. The lowest BCUT2D eigenvalue weighted by atomic mass is 9.83. The Bertz CT molecular complexity index is 414. The fourth-order valence-corrected chi connectivity index (χ4v) is 4.83. The van der Waals surface area contributed by atoms with Crippen molar-refractivity contribution in [2.45, 2.75) is 63.2 Å². The molecule has 2 nitrogen and oxygen atoms in total. The van der Waals surface area contributed by atoms with E-state index in [2.05, 4.69) is 32.7 Å². The number of rotatable bonds is 4. The van der Waals surface area contributed by atoms with Crippen molar-refractivity contribution in [1.29, 1.82) is 0 Å². The summed E-state index contributed by atoms with van der Waals surface area (Å²) in [6, 6.07) is 2.19. The van der Waals surface area contributed by atoms with Crippen LogP contribution in [0.1, 0.15) is 49.8 Å². The molecule has 1 saturated carbocycles. The molecule has 1 N–H and O–H groups in total. The molecule has 1 aromatic rings. The minimum atomic E-state index is 0.260. The summed E-state index contributed by atoms with van der Waals surface area (Å²) in [5, 5.41) is 5.68. The molecule has 2 fully saturated rings. The van der Waals surface area contributed by atoms with Crippen molar-refractivity contribution in [3.8, 4) is 0 Å². The van der Waals surface area contributed by atoms with Crippen molar-refractivity contribution in [3.63, 3.8) is 0 Å². The van der Waals surface area contributed by atoms with E-state index in [0.29, 0.717) is 6.10 Å². The van der Waals surface area contributed by atoms with Gasteiger partial charge in [-0.3, -0.25) is 0 Å². The van der Waals surface area contributed by atoms with Gasteiger partial charge in [-0.2, -0.15) is 0 Å². The lowest BCUT2D eigenvalue weighted by Gasteiger charge is -2.33. The molecule has 1 unspecified atom stereocenters. The summed E-state index contributed by atoms with van der Waals surface area (Å²) in [7, 11) is 0. The van der Waals surface area contributed by atoms with Crippen LogP contribution in [-0.4, -0.2) is 18.2 Å². The third kappa shape index (κ3) is 3.60. The number of nitrogens with one attached hydrogen (secondary N) is 1. The number of hydrogen-bond donors (Lipinski definition) is 1. The Morgan fingerprint density at radius 3 is 2.89 bits per heavy atom. The minimum Gasteiger partial charge on any atom is -0.370 e. The van der Waals surface area contributed by atoms with Crippen LogP contribution in [0.2, 0.25) is 0 Å². The molecule has 0 aromatic carbocycles. The van der Waals surface area contributed by atoms with Crippen LogP contribution in [0.3, 0.4) is 0 Å². The zero-order valence-electron chi connectivity index (χ0n) is 11.3. The molecule has 3 rings (SSSR count). The van der Waals surface area contributed by atoms with Gasteiger partial charge in [0.1, 0.15) is 0 Å². The molecule has 1 spiro atoms. The highest BCUT2D eigenvalue weighted by Crippen LogP contribution is 2.41. The van der Waals surface area contributed by atoms with E-state index in [9.17, 15) is 0 Å². The summed E-state index contributed by atoms with van der Waals surface area (Å²) in [5.74, 6) is 0. The van der Waals surface area contributed by atoms with Gasteiger partial charge in [-0.15, -0.1) is 11.3 Å². The predicted octanol–water partition coefficient (Wildman–Crippen LogP) is 4.48. The van der Waals surface area contributed by atoms with Crippen LogP contribution in [0.25, 0.3) is 0 Å². The molecule has 2 heterocycles. The highest BCUT2D eigenvalue weighted by atomic mass is 79.9. The van der Waals surface area contributed by atoms with Crippen molar-refractivity contribution < 1.29 is 4.74 Å². The van der Waals surface area contributed by atoms with Crippen LogP contribution in [0.4, 0.5) is 0 Å². The van der Waals surface area contributed by atoms with E-state index in [0.717, 1.165) is 13.1 Å². The average molecular weight is 344 g/mol. The zero-order valence-corrected chi connectivity index (χ0v) is 13.7. The SMILES string of the molecule is Brc1csc(CNCC2CCC3(CCCCC3)O2)c1. The highest BCUT2D eigenvalue weighted by molar-refractivity contribution is 9.10. The predicted molar refractivity (Wildman–Crippen MR) is 83.6 cm³/mol. The van der Waals surface area contributed by atoms with E-state index in [1.54, 1.807) is 11.3 Å². The number of halogens is 1. The van der Waals surface area contributed by atoms with Crippen molar-refractivity contribution in [1.82, 2.24) is 5.32 Å². The molecule has 1 aliphatic heterocycles. The maximum atomic E-state index is 6.36. The van der Waals surface area contributed by atoms with Crippen LogP contribution in [0.5, 0.6) is 0 Å². The Hall–Kier alpha value is 0.1000. The standard InChI is InChI=1S/C15H22BrNOS/c16-12-8-14(19-11-12)10-17-9-13-4-7-15(18-13)5-2-1-3-6-15/h8,11,13,17H,1-7,9-10H2. The minimum absolute atomic E-state index is 0.260. The Labute approximate surface area is 128 Å². The van der Waals surface area contributed by atoms with Gasteiger partial charge in [-0.1, -0.05) is 19.3 Å². The van der Waals surface area contributed by atoms with Gasteiger partial charge in [0.2, 0.25) is 0 Å². The van der Waals surface area contributed by atoms with Gasteiger partial charge in [0.25, 0.3) is 0 Å². The van der Waals surface area contributed by atoms with Gasteiger partial charge >= 0.3 is 0 Å². The van der Waals surface area contributed by atoms with Crippen LogP contribution >= 0.6 is 27.3 Å². The quantitative estimate of drug-likeness (QED) is 0.869. The number of thiophene rings is 1. The van der Waals surface area contributed by atoms with E-state index in [1.807, 2.05) is 0 Å². The molecule has 4 heteroatoms. The fraction of sp³-hybridized carbons (Fsp3) is 0.733. The smallest absolute Gasteiger partial charge is 0.0708 e. The van der Waals surface area contributed by atoms with Gasteiger partial charge in [-0.05, 0) is 47.7 Å². The molecule has 19 heavy (non-hydrogen) atoms. The highest BCUT2D eigenvalue weighted by Gasteiger charge is 2.40. The van der Waals surface area contributed by atoms with E-state index < -0.39 is 0 Å². The average Bonchev–Trinajstić information content (AvgIpc) is 2.99. The molecule has 0 amide bonds. The maximum absolute atomic E-state index is 6.36. The van der Waals surface area contributed by atoms with Crippen molar-refractivity contribution in [2.75, 3.05) is 6.54 Å². The second kappa shape index (κ2) is 6.25. The van der Waals surface area contributed by atoms with Crippen molar-refractivity contribution in [3.05, 3.63) is 20.8 Å². The first-order valence-electron chi connectivity index (χ1n) is 7.37. The van der Waals surface area contributed by atoms with E-state index in [4.69, 9.17) is 4.74 Å². The summed E-state index contributed by atoms with van der Waals surface area (Å²) in [6.45, 7) is 1.96. The van der Waals surface area contributed by atoms with Gasteiger partial charge in [-0.25, -0.2) is 0 Å². The molecular formula is C15H22BrNOS. The van der Waals surface area contributed by atoms with Crippen molar-refractivity contribution in [2.24, 2.45) is 0 Å². The molecule has 0 radical (unpaired) electrons. The zero-order chi connectivity index (χ0) is 13.1. The molecule has 2 aliphatic rings. The van der Waals surface area contributed by atoms with Crippen LogP contribution in [0.15, 0.2) is 15.9 Å². The topological polar surface area (TPSA) is 21.3 Å². The largest absolute Gasteiger partial charge is 0.370 e. The first-order valence-corrected chi connectivity index (χ1v) is 9.05. The summed E-state index contributed by atoms with van der Waals surface area (Å²) in [6.07, 6.45) is 9.67. The Morgan fingerprint density at radius 1 is 1.32 bits per heavy atom. The summed E-state index contributed by atoms with van der Waals surface area (Å²) >= 11 is 5.30. The maximum Gasteiger partial charge on any atom is 0.0708 e. The Morgan fingerprint density at radius 2 is 2.16 bits per heavy atom. The molecule has 1 aliphatic carbocycles. The van der Waals surface area contributed by atoms with Crippen LogP contribution < -0.4 is 5.32 Å². The lowest BCUT2D eigenvalue weighted by Crippen LogP contribution is -2.34. The van der Waals surface area contributed by atoms with E-state index in [1.165, 1.54) is 54.3 Å². The van der Waals surface area contributed by atoms with Crippen LogP contribution in [-0.2, 0) is 11.3 Å².